The number of β-amino-alcohol motifs (C(OH)–C–C–N with tert-alkyl or cyclic N) is 1. The molecule has 2 amide bonds. The van der Waals surface area contributed by atoms with Crippen molar-refractivity contribution < 1.29 is 41.4 Å². The van der Waals surface area contributed by atoms with Crippen molar-refractivity contribution in [2.75, 3.05) is 12.3 Å². The largest absolute Gasteiger partial charge is 0.465 e. The summed E-state index contributed by atoms with van der Waals surface area (Å²) in [6.07, 6.45) is -5.71. The van der Waals surface area contributed by atoms with Crippen molar-refractivity contribution in [1.29, 1.82) is 0 Å². The van der Waals surface area contributed by atoms with Gasteiger partial charge in [0.2, 0.25) is 0 Å². The Kier molecular flexibility index (Phi) is 8.18. The molecule has 13 heteroatoms. The molecule has 0 unspecified atom stereocenters. The number of likely N-dealkylation sites (tertiary alicyclic amines) is 1. The highest BCUT2D eigenvalue weighted by molar-refractivity contribution is 7.91. The number of aliphatic hydroxyl groups is 1. The van der Waals surface area contributed by atoms with Crippen LogP contribution in [0.15, 0.2) is 47.4 Å². The van der Waals surface area contributed by atoms with E-state index in [9.17, 15) is 41.4 Å². The molecular formula is C28H32ClF3N2O6S. The molecule has 1 aliphatic carbocycles. The van der Waals surface area contributed by atoms with Crippen molar-refractivity contribution in [3.63, 3.8) is 0 Å². The van der Waals surface area contributed by atoms with Gasteiger partial charge in [-0.05, 0) is 54.0 Å². The molecule has 0 spiro atoms. The van der Waals surface area contributed by atoms with Gasteiger partial charge in [-0.3, -0.25) is 9.69 Å². The van der Waals surface area contributed by atoms with Crippen LogP contribution in [-0.4, -0.2) is 59.5 Å². The number of carboxylic acid groups (broad SMARTS) is 1. The van der Waals surface area contributed by atoms with Crippen LogP contribution in [-0.2, 0) is 16.0 Å². The number of carbonyl (C=O) groups is 2. The summed E-state index contributed by atoms with van der Waals surface area (Å²) in [6, 6.07) is 7.35. The number of halogens is 4. The minimum Gasteiger partial charge on any atom is -0.465 e. The highest BCUT2D eigenvalue weighted by Gasteiger charge is 2.60. The van der Waals surface area contributed by atoms with E-state index in [4.69, 9.17) is 11.6 Å². The second-order valence-corrected chi connectivity index (χ2v) is 14.2. The SMILES string of the molecule is CC(C)(C)[C@]1([C@H](NC(=O)c2cccc(C(F)(F)F)c2Cl)c2ccc(S(=O)(=O)CC3CC3)cc2)C[C@@H](O)CN1C(=O)O. The number of nitrogens with zero attached hydrogens (tertiary/aromatic N) is 1. The maximum absolute atomic E-state index is 13.6. The number of amides is 2. The lowest BCUT2D eigenvalue weighted by Crippen LogP contribution is -2.62. The fourth-order valence-electron chi connectivity index (χ4n) is 5.75. The molecule has 4 rings (SSSR count). The van der Waals surface area contributed by atoms with E-state index in [0.29, 0.717) is 5.56 Å². The summed E-state index contributed by atoms with van der Waals surface area (Å²) in [5.74, 6) is -0.880. The molecule has 1 saturated carbocycles. The molecule has 0 radical (unpaired) electrons. The molecule has 224 valence electrons. The van der Waals surface area contributed by atoms with Gasteiger partial charge in [-0.1, -0.05) is 50.6 Å². The summed E-state index contributed by atoms with van der Waals surface area (Å²) < 4.78 is 66.2. The van der Waals surface area contributed by atoms with E-state index in [1.807, 2.05) is 0 Å². The van der Waals surface area contributed by atoms with Gasteiger partial charge >= 0.3 is 12.3 Å². The average molecular weight is 617 g/mol. The van der Waals surface area contributed by atoms with E-state index >= 15 is 0 Å². The first kappa shape index (κ1) is 31.1. The first-order chi connectivity index (χ1) is 18.9. The molecule has 1 saturated heterocycles. The van der Waals surface area contributed by atoms with Crippen LogP contribution in [0.3, 0.4) is 0 Å². The summed E-state index contributed by atoms with van der Waals surface area (Å²) in [5.41, 5.74) is -3.80. The van der Waals surface area contributed by atoms with Crippen LogP contribution in [0.1, 0.15) is 67.6 Å². The van der Waals surface area contributed by atoms with Crippen molar-refractivity contribution in [3.8, 4) is 0 Å². The normalized spacial score (nSPS) is 22.4. The van der Waals surface area contributed by atoms with Crippen molar-refractivity contribution >= 4 is 33.4 Å². The molecular weight excluding hydrogens is 585 g/mol. The van der Waals surface area contributed by atoms with Crippen LogP contribution in [0.4, 0.5) is 18.0 Å². The second-order valence-electron chi connectivity index (χ2n) is 11.8. The smallest absolute Gasteiger partial charge is 0.417 e. The van der Waals surface area contributed by atoms with Gasteiger partial charge in [-0.2, -0.15) is 13.2 Å². The van der Waals surface area contributed by atoms with Crippen molar-refractivity contribution in [1.82, 2.24) is 10.2 Å². The lowest BCUT2D eigenvalue weighted by molar-refractivity contribution is -0.137. The highest BCUT2D eigenvalue weighted by atomic mass is 35.5. The molecule has 41 heavy (non-hydrogen) atoms. The molecule has 3 N–H and O–H groups in total. The Morgan fingerprint density at radius 2 is 1.73 bits per heavy atom. The van der Waals surface area contributed by atoms with E-state index in [1.54, 1.807) is 20.8 Å². The van der Waals surface area contributed by atoms with Crippen molar-refractivity contribution in [2.24, 2.45) is 11.3 Å². The maximum Gasteiger partial charge on any atom is 0.417 e. The molecule has 0 bridgehead atoms. The predicted molar refractivity (Wildman–Crippen MR) is 145 cm³/mol. The van der Waals surface area contributed by atoms with E-state index in [1.165, 1.54) is 24.3 Å². The molecule has 8 nitrogen and oxygen atoms in total. The Hall–Kier alpha value is -2.83. The van der Waals surface area contributed by atoms with Crippen LogP contribution >= 0.6 is 11.6 Å². The third kappa shape index (κ3) is 6.05. The van der Waals surface area contributed by atoms with Crippen LogP contribution < -0.4 is 5.32 Å². The standard InChI is InChI=1S/C28H32ClF3N2O6S/c1-26(2,3)27(13-18(35)14-34(27)25(37)38)23(17-9-11-19(12-10-17)41(39,40)15-16-7-8-16)33-24(36)20-5-4-6-21(22(20)29)28(30,31)32/h4-6,9-12,16,18,23,35H,7-8,13-15H2,1-3H3,(H,33,36)(H,37,38)/t18-,23-,27-/m1/s1. The molecule has 0 aromatic heterocycles. The van der Waals surface area contributed by atoms with E-state index in [-0.39, 0.29) is 29.5 Å². The van der Waals surface area contributed by atoms with Crippen molar-refractivity contribution in [2.45, 2.75) is 68.8 Å². The minimum absolute atomic E-state index is 0.00543. The second kappa shape index (κ2) is 10.8. The molecule has 2 fully saturated rings. The molecule has 1 heterocycles. The molecule has 2 aromatic carbocycles. The number of carbonyl (C=O) groups excluding carboxylic acids is 1. The number of hydrogen-bond acceptors (Lipinski definition) is 5. The highest BCUT2D eigenvalue weighted by Crippen LogP contribution is 2.52. The Labute approximate surface area is 241 Å². The van der Waals surface area contributed by atoms with E-state index in [0.717, 1.165) is 35.9 Å². The topological polar surface area (TPSA) is 124 Å². The van der Waals surface area contributed by atoms with E-state index < -0.39 is 67.3 Å². The fourth-order valence-corrected chi connectivity index (χ4v) is 7.76. The van der Waals surface area contributed by atoms with Gasteiger partial charge in [0.25, 0.3) is 5.91 Å². The van der Waals surface area contributed by atoms with Gasteiger partial charge in [-0.15, -0.1) is 0 Å². The first-order valence-corrected chi connectivity index (χ1v) is 15.1. The Morgan fingerprint density at radius 3 is 2.24 bits per heavy atom. The summed E-state index contributed by atoms with van der Waals surface area (Å²) in [6.45, 7) is 4.92. The van der Waals surface area contributed by atoms with Crippen molar-refractivity contribution in [3.05, 3.63) is 64.2 Å². The third-order valence-corrected chi connectivity index (χ3v) is 10.3. The molecule has 3 atom stereocenters. The average Bonchev–Trinajstić information content (AvgIpc) is 3.58. The van der Waals surface area contributed by atoms with Gasteiger partial charge in [0, 0.05) is 6.42 Å². The Morgan fingerprint density at radius 1 is 1.12 bits per heavy atom. The molecule has 2 aromatic rings. The predicted octanol–water partition coefficient (Wildman–Crippen LogP) is 5.54. The number of sulfone groups is 1. The summed E-state index contributed by atoms with van der Waals surface area (Å²) in [4.78, 5) is 27.2. The lowest BCUT2D eigenvalue weighted by Gasteiger charge is -2.52. The van der Waals surface area contributed by atoms with Gasteiger partial charge < -0.3 is 15.5 Å². The zero-order valence-corrected chi connectivity index (χ0v) is 24.3. The fraction of sp³-hybridized carbons (Fsp3) is 0.500. The maximum atomic E-state index is 13.6. The van der Waals surface area contributed by atoms with E-state index in [2.05, 4.69) is 5.32 Å². The zero-order chi connectivity index (χ0) is 30.5. The number of alkyl halides is 3. The van der Waals surface area contributed by atoms with Crippen LogP contribution in [0.2, 0.25) is 5.02 Å². The number of hydrogen-bond donors (Lipinski definition) is 3. The third-order valence-electron chi connectivity index (χ3n) is 7.98. The Bertz CT molecular complexity index is 1440. The molecule has 2 aliphatic rings. The summed E-state index contributed by atoms with van der Waals surface area (Å²) in [5, 5.41) is 22.7. The van der Waals surface area contributed by atoms with Crippen LogP contribution in [0.5, 0.6) is 0 Å². The quantitative estimate of drug-likeness (QED) is 0.375. The van der Waals surface area contributed by atoms with Crippen LogP contribution in [0.25, 0.3) is 0 Å². The number of rotatable bonds is 7. The van der Waals surface area contributed by atoms with Crippen LogP contribution in [0, 0.1) is 11.3 Å². The number of aliphatic hydroxyl groups excluding tert-OH is 1. The lowest BCUT2D eigenvalue weighted by atomic mass is 9.65. The number of nitrogens with one attached hydrogen (secondary N) is 1. The van der Waals surface area contributed by atoms with Gasteiger partial charge in [0.05, 0.1) is 51.0 Å². The zero-order valence-electron chi connectivity index (χ0n) is 22.7. The Balaban J connectivity index is 1.84. The monoisotopic (exact) mass is 616 g/mol. The van der Waals surface area contributed by atoms with Gasteiger partial charge in [0.15, 0.2) is 9.84 Å². The minimum atomic E-state index is -4.82. The first-order valence-electron chi connectivity index (χ1n) is 13.1. The molecule has 1 aliphatic heterocycles. The van der Waals surface area contributed by atoms with Gasteiger partial charge in [0.1, 0.15) is 0 Å². The summed E-state index contributed by atoms with van der Waals surface area (Å²) >= 11 is 6.03. The summed E-state index contributed by atoms with van der Waals surface area (Å²) in [7, 11) is -3.58. The van der Waals surface area contributed by atoms with Gasteiger partial charge in [-0.25, -0.2) is 13.2 Å². The number of benzene rings is 2.